The predicted molar refractivity (Wildman–Crippen MR) is 430 cm³/mol. The standard InChI is InChI=1S/C86H176N8O4/c1-6-11-16-21-26-31-36-41-46-51-56-61-68-89-84(96)76-88-75-83(95)79-93(72-65-60-55-50-45-40-35-30-25-20-15-10-5)74-67-66-73-92(71-64-59-54-49-44-39-34-29-24-19-14-9-4)77-82(87)78-94(80-85(97)90-69-62-57-52-47-42-37-32-27-22-17-12-7-2)81-86(98)91-70-63-58-53-48-43-38-33-28-23-18-13-8-3/h82-83,88,95H,6-81,87H2,1-5H3,(H,89,96)(H,90,97)(H,91,98). The van der Waals surface area contributed by atoms with Gasteiger partial charge in [-0.05, 0) is 71.1 Å². The molecule has 0 aromatic heterocycles. The van der Waals surface area contributed by atoms with Crippen LogP contribution in [0.1, 0.15) is 433 Å². The molecule has 0 rings (SSSR count). The van der Waals surface area contributed by atoms with Crippen LogP contribution < -0.4 is 27.0 Å². The quantitative estimate of drug-likeness (QED) is 0.0327. The second-order valence-electron chi connectivity index (χ2n) is 31.0. The number of amides is 3. The molecular weight excluding hydrogens is 1210 g/mol. The number of nitrogens with two attached hydrogens (primary N) is 1. The summed E-state index contributed by atoms with van der Waals surface area (Å²) in [5, 5.41) is 24.3. The SMILES string of the molecule is CCCCCCCCCCCCCCNC(=O)CNCC(O)CN(CCCCCCCCCCCCCC)CCCCN(CCCCCCCCCCCCCC)CC(N)CN(CC(=O)NCCCCCCCCCCCCCC)CC(=O)NCCCCCCCCCCCCCC. The molecule has 0 spiro atoms. The van der Waals surface area contributed by atoms with E-state index in [1.807, 2.05) is 4.90 Å². The molecule has 0 aromatic rings. The number of hydrogen-bond acceptors (Lipinski definition) is 9. The molecule has 2 atom stereocenters. The Kier molecular flexibility index (Phi) is 79.3. The van der Waals surface area contributed by atoms with Crippen LogP contribution >= 0.6 is 0 Å². The van der Waals surface area contributed by atoms with Gasteiger partial charge in [-0.25, -0.2) is 0 Å². The highest BCUT2D eigenvalue weighted by Crippen LogP contribution is 2.18. The molecule has 7 N–H and O–H groups in total. The second kappa shape index (κ2) is 80.8. The van der Waals surface area contributed by atoms with Crippen LogP contribution in [-0.4, -0.2) is 141 Å². The Labute approximate surface area is 612 Å². The topological polar surface area (TPSA) is 155 Å². The molecule has 0 aliphatic carbocycles. The van der Waals surface area contributed by atoms with Gasteiger partial charge in [0.15, 0.2) is 0 Å². The van der Waals surface area contributed by atoms with Crippen molar-refractivity contribution in [3.8, 4) is 0 Å². The molecule has 12 nitrogen and oxygen atoms in total. The monoisotopic (exact) mass is 1390 g/mol. The lowest BCUT2D eigenvalue weighted by Crippen LogP contribution is -2.50. The van der Waals surface area contributed by atoms with Gasteiger partial charge in [0.05, 0.1) is 25.7 Å². The Morgan fingerprint density at radius 3 is 0.745 bits per heavy atom. The van der Waals surface area contributed by atoms with Crippen LogP contribution in [0, 0.1) is 0 Å². The largest absolute Gasteiger partial charge is 0.390 e. The number of aliphatic hydroxyl groups is 1. The third-order valence-electron chi connectivity index (χ3n) is 20.8. The molecule has 3 amide bonds. The van der Waals surface area contributed by atoms with E-state index < -0.39 is 6.10 Å². The molecular formula is C86H176N8O4. The van der Waals surface area contributed by atoms with Crippen molar-refractivity contribution in [1.82, 2.24) is 36.0 Å². The van der Waals surface area contributed by atoms with Gasteiger partial charge in [-0.1, -0.05) is 388 Å². The van der Waals surface area contributed by atoms with E-state index >= 15 is 0 Å². The fraction of sp³-hybridized carbons (Fsp3) is 0.965. The smallest absolute Gasteiger partial charge is 0.234 e. The zero-order chi connectivity index (χ0) is 71.2. The fourth-order valence-corrected chi connectivity index (χ4v) is 14.4. The summed E-state index contributed by atoms with van der Waals surface area (Å²) in [6.45, 7) is 20.2. The maximum Gasteiger partial charge on any atom is 0.234 e. The van der Waals surface area contributed by atoms with E-state index in [1.54, 1.807) is 0 Å². The van der Waals surface area contributed by atoms with Crippen molar-refractivity contribution in [2.24, 2.45) is 5.73 Å². The van der Waals surface area contributed by atoms with Gasteiger partial charge in [0.1, 0.15) is 0 Å². The summed E-state index contributed by atoms with van der Waals surface area (Å²) < 4.78 is 0. The average molecular weight is 1390 g/mol. The van der Waals surface area contributed by atoms with E-state index in [4.69, 9.17) is 5.73 Å². The number of aliphatic hydroxyl groups excluding tert-OH is 1. The first-order chi connectivity index (χ1) is 48.2. The predicted octanol–water partition coefficient (Wildman–Crippen LogP) is 21.8. The highest BCUT2D eigenvalue weighted by molar-refractivity contribution is 5.81. The normalized spacial score (nSPS) is 12.4. The van der Waals surface area contributed by atoms with Crippen molar-refractivity contribution in [1.29, 1.82) is 0 Å². The van der Waals surface area contributed by atoms with Crippen molar-refractivity contribution in [2.45, 2.75) is 445 Å². The van der Waals surface area contributed by atoms with Crippen molar-refractivity contribution < 1.29 is 19.5 Å². The first kappa shape index (κ1) is 96.2. The van der Waals surface area contributed by atoms with Crippen LogP contribution in [0.4, 0.5) is 0 Å². The van der Waals surface area contributed by atoms with Crippen LogP contribution in [-0.2, 0) is 14.4 Å². The molecule has 0 bridgehead atoms. The molecule has 0 aliphatic rings. The summed E-state index contributed by atoms with van der Waals surface area (Å²) in [5.74, 6) is -0.00497. The number of nitrogens with one attached hydrogen (secondary N) is 4. The Balaban J connectivity index is 5.78. The van der Waals surface area contributed by atoms with Crippen molar-refractivity contribution >= 4 is 17.7 Å². The van der Waals surface area contributed by atoms with E-state index in [2.05, 4.69) is 65.7 Å². The maximum absolute atomic E-state index is 13.7. The summed E-state index contributed by atoms with van der Waals surface area (Å²) in [6.07, 6.45) is 80.0. The van der Waals surface area contributed by atoms with E-state index in [-0.39, 0.29) is 43.4 Å². The zero-order valence-electron chi connectivity index (χ0n) is 67.0. The fourth-order valence-electron chi connectivity index (χ4n) is 14.4. The zero-order valence-corrected chi connectivity index (χ0v) is 67.0. The number of hydrogen-bond donors (Lipinski definition) is 6. The van der Waals surface area contributed by atoms with E-state index in [1.165, 1.54) is 340 Å². The van der Waals surface area contributed by atoms with Crippen LogP contribution in [0.5, 0.6) is 0 Å². The highest BCUT2D eigenvalue weighted by atomic mass is 16.3. The maximum atomic E-state index is 13.7. The number of unbranched alkanes of at least 4 members (excludes halogenated alkanes) is 56. The van der Waals surface area contributed by atoms with Crippen molar-refractivity contribution in [3.63, 3.8) is 0 Å². The first-order valence-electron chi connectivity index (χ1n) is 44.3. The van der Waals surface area contributed by atoms with Gasteiger partial charge in [0.25, 0.3) is 0 Å². The minimum atomic E-state index is -0.549. The Bertz CT molecular complexity index is 1550. The van der Waals surface area contributed by atoms with Gasteiger partial charge < -0.3 is 41.9 Å². The highest BCUT2D eigenvalue weighted by Gasteiger charge is 2.21. The third-order valence-corrected chi connectivity index (χ3v) is 20.8. The minimum Gasteiger partial charge on any atom is -0.390 e. The van der Waals surface area contributed by atoms with E-state index in [0.717, 1.165) is 97.1 Å². The molecule has 584 valence electrons. The molecule has 0 fully saturated rings. The van der Waals surface area contributed by atoms with E-state index in [9.17, 15) is 19.5 Å². The first-order valence-corrected chi connectivity index (χ1v) is 44.3. The molecule has 0 aromatic carbocycles. The van der Waals surface area contributed by atoms with Gasteiger partial charge in [-0.3, -0.25) is 19.3 Å². The summed E-state index contributed by atoms with van der Waals surface area (Å²) in [4.78, 5) is 47.2. The van der Waals surface area contributed by atoms with Gasteiger partial charge in [-0.15, -0.1) is 0 Å². The van der Waals surface area contributed by atoms with Gasteiger partial charge >= 0.3 is 0 Å². The van der Waals surface area contributed by atoms with Crippen LogP contribution in [0.25, 0.3) is 0 Å². The molecule has 2 unspecified atom stereocenters. The van der Waals surface area contributed by atoms with Gasteiger partial charge in [-0.2, -0.15) is 0 Å². The second-order valence-corrected chi connectivity index (χ2v) is 31.0. The molecule has 98 heavy (non-hydrogen) atoms. The van der Waals surface area contributed by atoms with Gasteiger partial charge in [0, 0.05) is 51.9 Å². The molecule has 0 heterocycles. The van der Waals surface area contributed by atoms with Crippen LogP contribution in [0.3, 0.4) is 0 Å². The lowest BCUT2D eigenvalue weighted by molar-refractivity contribution is -0.125. The van der Waals surface area contributed by atoms with Crippen molar-refractivity contribution in [2.75, 3.05) is 91.6 Å². The Morgan fingerprint density at radius 2 is 0.480 bits per heavy atom. The van der Waals surface area contributed by atoms with Gasteiger partial charge in [0.2, 0.25) is 17.7 Å². The van der Waals surface area contributed by atoms with Crippen molar-refractivity contribution in [3.05, 3.63) is 0 Å². The molecule has 12 heteroatoms. The average Bonchev–Trinajstić information content (AvgIpc) is 1.15. The number of nitrogens with zero attached hydrogens (tertiary/aromatic N) is 3. The molecule has 0 saturated carbocycles. The minimum absolute atomic E-state index is 0.0120. The van der Waals surface area contributed by atoms with E-state index in [0.29, 0.717) is 32.7 Å². The number of carbonyl (C=O) groups is 3. The summed E-state index contributed by atoms with van der Waals surface area (Å²) in [7, 11) is 0. The summed E-state index contributed by atoms with van der Waals surface area (Å²) in [6, 6.07) is -0.206. The molecule has 0 aliphatic heterocycles. The number of rotatable bonds is 84. The Hall–Kier alpha value is -1.83. The summed E-state index contributed by atoms with van der Waals surface area (Å²) in [5.41, 5.74) is 7.17. The van der Waals surface area contributed by atoms with Crippen LogP contribution in [0.2, 0.25) is 0 Å². The number of carbonyl (C=O) groups excluding carboxylic acids is 3. The lowest BCUT2D eigenvalue weighted by Gasteiger charge is -2.30. The third kappa shape index (κ3) is 75.3. The lowest BCUT2D eigenvalue weighted by atomic mass is 10.1. The van der Waals surface area contributed by atoms with Crippen LogP contribution in [0.15, 0.2) is 0 Å². The Morgan fingerprint density at radius 1 is 0.276 bits per heavy atom. The molecule has 0 saturated heterocycles. The molecule has 0 radical (unpaired) electrons. The summed E-state index contributed by atoms with van der Waals surface area (Å²) >= 11 is 0.